The van der Waals surface area contributed by atoms with Gasteiger partial charge in [-0.1, -0.05) is 6.07 Å². The molecule has 2 rings (SSSR count). The molecule has 0 radical (unpaired) electrons. The average molecular weight is 316 g/mol. The van der Waals surface area contributed by atoms with Crippen molar-refractivity contribution >= 4 is 11.8 Å². The number of nitrogens with zero attached hydrogens (tertiary/aromatic N) is 4. The van der Waals surface area contributed by atoms with Gasteiger partial charge in [0.2, 0.25) is 5.96 Å². The topological polar surface area (TPSA) is 96.6 Å². The number of aliphatic imine (C=N–C) groups is 1. The van der Waals surface area contributed by atoms with Crippen molar-refractivity contribution in [2.45, 2.75) is 57.7 Å². The number of hydrogen-bond acceptors (Lipinski definition) is 5. The third-order valence-corrected chi connectivity index (χ3v) is 4.01. The molecule has 1 fully saturated rings. The van der Waals surface area contributed by atoms with Crippen molar-refractivity contribution in [3.63, 3.8) is 0 Å². The highest BCUT2D eigenvalue weighted by Crippen LogP contribution is 2.37. The minimum absolute atomic E-state index is 0.0181. The van der Waals surface area contributed by atoms with E-state index in [1.165, 1.54) is 5.06 Å². The Balaban J connectivity index is 2.20. The van der Waals surface area contributed by atoms with Crippen molar-refractivity contribution in [2.24, 2.45) is 4.99 Å². The minimum atomic E-state index is -0.390. The lowest BCUT2D eigenvalue weighted by molar-refractivity contribution is -0.244. The highest BCUT2D eigenvalue weighted by atomic mass is 16.5. The largest absolute Gasteiger partial charge is 0.313 e. The zero-order valence-corrected chi connectivity index (χ0v) is 14.0. The molecule has 124 valence electrons. The summed E-state index contributed by atoms with van der Waals surface area (Å²) in [5, 5.41) is 26.3. The van der Waals surface area contributed by atoms with Gasteiger partial charge in [0.1, 0.15) is 5.82 Å². The molecule has 1 saturated heterocycles. The lowest BCUT2D eigenvalue weighted by atomic mass is 9.79. The second-order valence-electron chi connectivity index (χ2n) is 7.05. The second-order valence-corrected chi connectivity index (χ2v) is 7.05. The fraction of sp³-hybridized carbons (Fsp3) is 0.562. The number of piperidine rings is 1. The van der Waals surface area contributed by atoms with Crippen LogP contribution in [-0.4, -0.2) is 38.3 Å². The Labute approximate surface area is 137 Å². The molecule has 7 nitrogen and oxygen atoms in total. The fourth-order valence-corrected chi connectivity index (χ4v) is 3.20. The summed E-state index contributed by atoms with van der Waals surface area (Å²) in [5.41, 5.74) is -0.780. The molecule has 0 saturated carbocycles. The van der Waals surface area contributed by atoms with Crippen molar-refractivity contribution < 1.29 is 5.21 Å². The SMILES string of the molecule is CC1(C)CC(N=C(NC#N)Nc2ccccn2)CC(C)(C)N1O. The van der Waals surface area contributed by atoms with Crippen molar-refractivity contribution in [3.05, 3.63) is 24.4 Å². The van der Waals surface area contributed by atoms with Gasteiger partial charge in [-0.15, -0.1) is 0 Å². The summed E-state index contributed by atoms with van der Waals surface area (Å²) in [4.78, 5) is 8.81. The molecule has 0 atom stereocenters. The first-order chi connectivity index (χ1) is 10.7. The first-order valence-corrected chi connectivity index (χ1v) is 7.65. The Bertz CT molecular complexity index is 587. The number of rotatable bonds is 2. The van der Waals surface area contributed by atoms with Crippen LogP contribution in [0.15, 0.2) is 29.4 Å². The molecule has 3 N–H and O–H groups in total. The Morgan fingerprint density at radius 1 is 1.35 bits per heavy atom. The number of guanidine groups is 1. The maximum atomic E-state index is 10.3. The van der Waals surface area contributed by atoms with Crippen LogP contribution >= 0.6 is 0 Å². The lowest BCUT2D eigenvalue weighted by Crippen LogP contribution is -2.60. The van der Waals surface area contributed by atoms with Crippen molar-refractivity contribution in [1.29, 1.82) is 5.26 Å². The van der Waals surface area contributed by atoms with E-state index in [0.29, 0.717) is 24.6 Å². The Hall–Kier alpha value is -2.17. The summed E-state index contributed by atoms with van der Waals surface area (Å²) in [6.07, 6.45) is 4.94. The molecule has 0 bridgehead atoms. The fourth-order valence-electron chi connectivity index (χ4n) is 3.20. The Morgan fingerprint density at radius 2 is 2.00 bits per heavy atom. The number of nitrogens with one attached hydrogen (secondary N) is 2. The summed E-state index contributed by atoms with van der Waals surface area (Å²) < 4.78 is 0. The molecule has 1 aromatic heterocycles. The summed E-state index contributed by atoms with van der Waals surface area (Å²) in [6, 6.07) is 5.46. The third kappa shape index (κ3) is 4.18. The van der Waals surface area contributed by atoms with Gasteiger partial charge in [-0.2, -0.15) is 10.3 Å². The molecule has 0 amide bonds. The van der Waals surface area contributed by atoms with Gasteiger partial charge in [0, 0.05) is 17.3 Å². The molecule has 1 aliphatic heterocycles. The van der Waals surface area contributed by atoms with Crippen LogP contribution in [0.1, 0.15) is 40.5 Å². The van der Waals surface area contributed by atoms with Crippen molar-refractivity contribution in [3.8, 4) is 6.19 Å². The van der Waals surface area contributed by atoms with Crippen LogP contribution in [0.2, 0.25) is 0 Å². The number of pyridine rings is 1. The number of aromatic nitrogens is 1. The van der Waals surface area contributed by atoms with E-state index >= 15 is 0 Å². The smallest absolute Gasteiger partial charge is 0.210 e. The zero-order valence-electron chi connectivity index (χ0n) is 14.0. The van der Waals surface area contributed by atoms with Crippen LogP contribution in [0.25, 0.3) is 0 Å². The van der Waals surface area contributed by atoms with E-state index in [1.807, 2.05) is 46.0 Å². The lowest BCUT2D eigenvalue weighted by Gasteiger charge is -2.50. The zero-order chi connectivity index (χ0) is 17.1. The van der Waals surface area contributed by atoms with Gasteiger partial charge in [-0.3, -0.25) is 5.32 Å². The number of hydroxylamine groups is 2. The normalized spacial score (nSPS) is 21.5. The molecule has 1 aromatic rings. The molecule has 2 heterocycles. The van der Waals surface area contributed by atoms with Crippen LogP contribution in [0, 0.1) is 11.5 Å². The van der Waals surface area contributed by atoms with Crippen LogP contribution in [0.4, 0.5) is 5.82 Å². The van der Waals surface area contributed by atoms with E-state index in [4.69, 9.17) is 5.26 Å². The van der Waals surface area contributed by atoms with E-state index in [2.05, 4.69) is 20.6 Å². The molecule has 0 aromatic carbocycles. The maximum absolute atomic E-state index is 10.3. The van der Waals surface area contributed by atoms with Gasteiger partial charge in [0.25, 0.3) is 0 Å². The van der Waals surface area contributed by atoms with Crippen LogP contribution in [0.5, 0.6) is 0 Å². The molecule has 0 aliphatic carbocycles. The number of nitriles is 1. The molecular weight excluding hydrogens is 292 g/mol. The summed E-state index contributed by atoms with van der Waals surface area (Å²) in [7, 11) is 0. The molecule has 1 aliphatic rings. The van der Waals surface area contributed by atoms with E-state index in [1.54, 1.807) is 12.3 Å². The van der Waals surface area contributed by atoms with Crippen LogP contribution < -0.4 is 10.6 Å². The van der Waals surface area contributed by atoms with E-state index in [0.717, 1.165) is 0 Å². The first kappa shape index (κ1) is 17.2. The average Bonchev–Trinajstić information content (AvgIpc) is 2.45. The quantitative estimate of drug-likeness (QED) is 0.335. The van der Waals surface area contributed by atoms with Crippen molar-refractivity contribution in [2.75, 3.05) is 5.32 Å². The van der Waals surface area contributed by atoms with Crippen LogP contribution in [0.3, 0.4) is 0 Å². The summed E-state index contributed by atoms with van der Waals surface area (Å²) >= 11 is 0. The van der Waals surface area contributed by atoms with Gasteiger partial charge in [0.15, 0.2) is 6.19 Å². The Morgan fingerprint density at radius 3 is 2.52 bits per heavy atom. The van der Waals surface area contributed by atoms with Crippen LogP contribution in [-0.2, 0) is 0 Å². The predicted octanol–water partition coefficient (Wildman–Crippen LogP) is 2.33. The summed E-state index contributed by atoms with van der Waals surface area (Å²) in [5.74, 6) is 0.987. The summed E-state index contributed by atoms with van der Waals surface area (Å²) in [6.45, 7) is 7.94. The number of anilines is 1. The van der Waals surface area contributed by atoms with Gasteiger partial charge < -0.3 is 10.5 Å². The minimum Gasteiger partial charge on any atom is -0.313 e. The van der Waals surface area contributed by atoms with Crippen molar-refractivity contribution in [1.82, 2.24) is 15.4 Å². The number of hydrogen-bond donors (Lipinski definition) is 3. The molecule has 7 heteroatoms. The molecule has 23 heavy (non-hydrogen) atoms. The molecular formula is C16H24N6O. The highest BCUT2D eigenvalue weighted by molar-refractivity contribution is 5.93. The van der Waals surface area contributed by atoms with E-state index in [9.17, 15) is 5.21 Å². The van der Waals surface area contributed by atoms with Gasteiger partial charge in [-0.25, -0.2) is 9.98 Å². The van der Waals surface area contributed by atoms with Gasteiger partial charge >= 0.3 is 0 Å². The van der Waals surface area contributed by atoms with E-state index < -0.39 is 11.1 Å². The van der Waals surface area contributed by atoms with Gasteiger partial charge in [-0.05, 0) is 52.7 Å². The Kier molecular flexibility index (Phi) is 4.88. The second kappa shape index (κ2) is 6.52. The predicted molar refractivity (Wildman–Crippen MR) is 88.8 cm³/mol. The van der Waals surface area contributed by atoms with Gasteiger partial charge in [0.05, 0.1) is 6.04 Å². The third-order valence-electron chi connectivity index (χ3n) is 4.01. The van der Waals surface area contributed by atoms with E-state index in [-0.39, 0.29) is 6.04 Å². The molecule has 0 spiro atoms. The standard InChI is InChI=1S/C16H24N6O/c1-15(2)9-12(10-16(3,4)22(15)23)20-14(19-11-17)21-13-7-5-6-8-18-13/h5-8,12,23H,9-10H2,1-4H3,(H2,18,19,20,21). The monoisotopic (exact) mass is 316 g/mol. The molecule has 0 unspecified atom stereocenters. The highest BCUT2D eigenvalue weighted by Gasteiger charge is 2.45. The maximum Gasteiger partial charge on any atom is 0.210 e. The first-order valence-electron chi connectivity index (χ1n) is 7.65.